The number of anilines is 1. The number of aromatic nitrogens is 8. The minimum atomic E-state index is -1.33. The van der Waals surface area contributed by atoms with Gasteiger partial charge in [-0.3, -0.25) is 24.6 Å². The maximum atomic E-state index is 12.0. The number of methoxy groups -OCH3 is 4. The van der Waals surface area contributed by atoms with E-state index in [-0.39, 0.29) is 5.69 Å². The van der Waals surface area contributed by atoms with E-state index in [0.717, 1.165) is 72.3 Å². The number of ether oxygens (including phenoxy) is 9. The first-order valence-corrected chi connectivity index (χ1v) is 35.4. The molecule has 12 rings (SSSR count). The zero-order chi connectivity index (χ0) is 82.0. The van der Waals surface area contributed by atoms with Crippen LogP contribution in [0.15, 0.2) is 179 Å². The molecule has 0 aliphatic heterocycles. The largest absolute Gasteiger partial charge is 0.478 e. The molecule has 0 unspecified atom stereocenters. The molecule has 5 heterocycles. The van der Waals surface area contributed by atoms with Crippen LogP contribution in [-0.4, -0.2) is 136 Å². The number of hydrogen-bond donors (Lipinski definition) is 3. The summed E-state index contributed by atoms with van der Waals surface area (Å²) in [5.41, 5.74) is 8.20. The normalized spacial score (nSPS) is 11.4. The average molecular weight is 1540 g/mol. The van der Waals surface area contributed by atoms with Gasteiger partial charge in [-0.2, -0.15) is 15.3 Å². The number of H-pyrrole nitrogens is 1. The Bertz CT molecular complexity index is 5260. The highest BCUT2D eigenvalue weighted by Gasteiger charge is 2.36. The Morgan fingerprint density at radius 2 is 0.821 bits per heavy atom. The molecule has 4 N–H and O–H groups in total. The molecule has 0 fully saturated rings. The number of nitrogens with zero attached hydrogens (tertiary/aromatic N) is 8. The number of aliphatic carboxylic acids is 1. The van der Waals surface area contributed by atoms with E-state index in [1.807, 2.05) is 133 Å². The van der Waals surface area contributed by atoms with Crippen molar-refractivity contribution in [3.63, 3.8) is 0 Å². The lowest BCUT2D eigenvalue weighted by Crippen LogP contribution is -2.39. The molecule has 5 aromatic heterocycles. The number of nitro groups is 1. The lowest BCUT2D eigenvalue weighted by molar-refractivity contribution is -0.385. The number of fused-ring (bicyclic) bond motifs is 3. The van der Waals surface area contributed by atoms with Crippen molar-refractivity contribution in [3.05, 3.63) is 214 Å². The predicted octanol–water partition coefficient (Wildman–Crippen LogP) is 15.1. The number of oxazole rings is 2. The van der Waals surface area contributed by atoms with Gasteiger partial charge >= 0.3 is 29.8 Å². The molecule has 0 saturated heterocycles. The number of carboxylic acid groups (broad SMARTS) is 1. The smallest absolute Gasteiger partial charge is 0.349 e. The second kappa shape index (κ2) is 36.4. The van der Waals surface area contributed by atoms with Crippen LogP contribution >= 0.6 is 0 Å². The quantitative estimate of drug-likeness (QED) is 0.0166. The van der Waals surface area contributed by atoms with E-state index in [1.165, 1.54) is 68.3 Å². The van der Waals surface area contributed by atoms with Crippen LogP contribution in [0.1, 0.15) is 103 Å². The molecule has 112 heavy (non-hydrogen) atoms. The zero-order valence-electron chi connectivity index (χ0n) is 65.9. The number of nitrogen functional groups attached to an aromatic ring is 1. The van der Waals surface area contributed by atoms with Gasteiger partial charge in [0.25, 0.3) is 5.69 Å². The van der Waals surface area contributed by atoms with Crippen molar-refractivity contribution in [2.75, 3.05) is 34.2 Å². The van der Waals surface area contributed by atoms with Crippen molar-refractivity contribution >= 4 is 73.9 Å². The molecule has 12 aromatic rings. The summed E-state index contributed by atoms with van der Waals surface area (Å²) < 4.78 is 62.8. The fraction of sp³-hybridized carbons (Fsp3) is 0.325. The number of benzene rings is 7. The summed E-state index contributed by atoms with van der Waals surface area (Å²) in [6.07, 6.45) is 6.46. The third-order valence-corrected chi connectivity index (χ3v) is 17.5. The second-order valence-corrected chi connectivity index (χ2v) is 27.9. The number of carbonyl (C=O) groups excluding carboxylic acids is 4. The van der Waals surface area contributed by atoms with Crippen LogP contribution in [0.2, 0.25) is 0 Å². The fourth-order valence-corrected chi connectivity index (χ4v) is 11.1. The summed E-state index contributed by atoms with van der Waals surface area (Å²) in [4.78, 5) is 77.5. The van der Waals surface area contributed by atoms with Crippen molar-refractivity contribution in [1.82, 2.24) is 39.7 Å². The van der Waals surface area contributed by atoms with Gasteiger partial charge in [0.05, 0.1) is 102 Å². The second-order valence-electron chi connectivity index (χ2n) is 27.9. The van der Waals surface area contributed by atoms with Gasteiger partial charge in [-0.05, 0) is 176 Å². The molecule has 590 valence electrons. The Hall–Kier alpha value is -13.1. The molecule has 0 radical (unpaired) electrons. The van der Waals surface area contributed by atoms with Gasteiger partial charge in [0.15, 0.2) is 28.0 Å². The van der Waals surface area contributed by atoms with Gasteiger partial charge in [-0.15, -0.1) is 0 Å². The molecular formula is C83H94N10O19. The minimum Gasteiger partial charge on any atom is -0.478 e. The third-order valence-electron chi connectivity index (χ3n) is 17.5. The third kappa shape index (κ3) is 21.0. The Morgan fingerprint density at radius 3 is 1.22 bits per heavy atom. The lowest BCUT2D eigenvalue weighted by atomic mass is 10.1. The van der Waals surface area contributed by atoms with Crippen LogP contribution in [-0.2, 0) is 68.9 Å². The van der Waals surface area contributed by atoms with E-state index >= 15 is 0 Å². The Kier molecular flexibility index (Phi) is 27.5. The molecule has 0 amide bonds. The zero-order valence-corrected chi connectivity index (χ0v) is 65.9. The van der Waals surface area contributed by atoms with Gasteiger partial charge in [0, 0.05) is 54.4 Å². The number of carbonyl (C=O) groups is 5. The summed E-state index contributed by atoms with van der Waals surface area (Å²) in [6, 6.07) is 46.2. The molecule has 0 saturated carbocycles. The van der Waals surface area contributed by atoms with E-state index < -0.39 is 62.8 Å². The number of carboxylic acids is 1. The number of esters is 4. The number of nitrogens with two attached hydrogens (primary N) is 1. The maximum absolute atomic E-state index is 12.0. The SMILES string of the molecule is COC(=O)C(C)(C)Oc1cccc(N)c1C.COC(=O)C(C)(C)Oc1cccc([N+](=O)[O-])c1C.COC(=O)C(C)(C)Oc1cccc2[nH]ncc12.COC(=O)C(C)(C)Oc1cccc2c1cnn2CCc1nc(-c2ccccc2)oc1C.Cc1oc(-c2ccccc2)nc1CCn1ncc2c(OC(C)(C)C(=O)O)cccc21. The van der Waals surface area contributed by atoms with E-state index in [4.69, 9.17) is 47.7 Å². The molecule has 29 nitrogen and oxygen atoms in total. The first-order valence-electron chi connectivity index (χ1n) is 35.4. The van der Waals surface area contributed by atoms with E-state index in [1.54, 1.807) is 103 Å². The average Bonchev–Trinajstić information content (AvgIpc) is 1.62. The highest BCUT2D eigenvalue weighted by atomic mass is 16.6. The van der Waals surface area contributed by atoms with Gasteiger partial charge in [-0.25, -0.2) is 33.9 Å². The van der Waals surface area contributed by atoms with Gasteiger partial charge in [0.2, 0.25) is 11.8 Å². The molecule has 0 atom stereocenters. The Morgan fingerprint density at radius 1 is 0.464 bits per heavy atom. The van der Waals surface area contributed by atoms with Gasteiger partial charge in [0.1, 0.15) is 40.3 Å². The Labute approximate surface area is 647 Å². The number of hydrogen-bond acceptors (Lipinski definition) is 24. The number of aryl methyl sites for hydroxylation is 6. The number of nitrogens with one attached hydrogen (secondary N) is 1. The van der Waals surface area contributed by atoms with Crippen molar-refractivity contribution in [1.29, 1.82) is 0 Å². The van der Waals surface area contributed by atoms with Crippen LogP contribution in [0.3, 0.4) is 0 Å². The van der Waals surface area contributed by atoms with E-state index in [0.29, 0.717) is 77.7 Å². The van der Waals surface area contributed by atoms with Crippen LogP contribution < -0.4 is 29.4 Å². The van der Waals surface area contributed by atoms with Gasteiger partial charge < -0.3 is 62.3 Å². The predicted molar refractivity (Wildman–Crippen MR) is 419 cm³/mol. The van der Waals surface area contributed by atoms with Crippen molar-refractivity contribution in [2.24, 2.45) is 0 Å². The maximum Gasteiger partial charge on any atom is 0.349 e. The Balaban J connectivity index is 0.000000181. The topological polar surface area (TPSA) is 374 Å². The van der Waals surface area contributed by atoms with Crippen LogP contribution in [0.25, 0.3) is 55.6 Å². The number of nitro benzene ring substituents is 1. The van der Waals surface area contributed by atoms with Crippen LogP contribution in [0.4, 0.5) is 11.4 Å². The number of aromatic amines is 1. The fourth-order valence-electron chi connectivity index (χ4n) is 11.1. The summed E-state index contributed by atoms with van der Waals surface area (Å²) in [5, 5.41) is 38.3. The highest BCUT2D eigenvalue weighted by Crippen LogP contribution is 2.35. The summed E-state index contributed by atoms with van der Waals surface area (Å²) in [6.45, 7) is 24.6. The summed E-state index contributed by atoms with van der Waals surface area (Å²) >= 11 is 0. The molecule has 7 aromatic carbocycles. The molecular weight excluding hydrogens is 1440 g/mol. The standard InChI is InChI=1S/C24H25N3O4.C23H23N3O4.C12H14N2O3.C12H15NO5.C12H17NO3/c1-16-19(26-22(30-16)17-9-6-5-7-10-17)13-14-27-20-11-8-12-21(18(20)15-25-27)31-24(2,3)23(28)29-4;1-15-18(25-21(29-15)16-8-5-4-6-9-16)12-13-26-19-10-7-11-20(17(19)14-24-26)30-23(2,3)22(27)28;1-12(2,11(15)16-3)17-10-6-4-5-9-8(10)7-13-14-9;1-8-9(13(15)16)6-5-7-10(8)18-12(2,3)11(14)17-4;1-8-9(13)6-5-7-10(8)16-12(2,3)11(14)15-4/h5-12,15H,13-14H2,1-4H3;4-11,14H,12-13H2,1-3H3,(H,27,28);4-7H,1-3H3,(H,13,14);5-7H,1-4H3;5-7H,13H2,1-4H3. The highest BCUT2D eigenvalue weighted by molar-refractivity contribution is 5.89. The van der Waals surface area contributed by atoms with Crippen LogP contribution in [0.5, 0.6) is 28.7 Å². The van der Waals surface area contributed by atoms with Crippen LogP contribution in [0, 0.1) is 37.8 Å². The molecule has 0 bridgehead atoms. The molecule has 0 aliphatic rings. The van der Waals surface area contributed by atoms with Crippen molar-refractivity contribution in [3.8, 4) is 51.7 Å². The first-order chi connectivity index (χ1) is 52.9. The molecule has 0 spiro atoms. The number of rotatable bonds is 24. The monoisotopic (exact) mass is 1530 g/mol. The van der Waals surface area contributed by atoms with E-state index in [2.05, 4.69) is 39.8 Å². The minimum absolute atomic E-state index is 0.0480. The van der Waals surface area contributed by atoms with Gasteiger partial charge in [-0.1, -0.05) is 66.7 Å². The lowest BCUT2D eigenvalue weighted by Gasteiger charge is -2.24. The molecule has 0 aliphatic carbocycles. The summed E-state index contributed by atoms with van der Waals surface area (Å²) in [7, 11) is 5.28. The van der Waals surface area contributed by atoms with Crippen molar-refractivity contribution < 1.29 is 85.5 Å². The molecule has 29 heteroatoms. The van der Waals surface area contributed by atoms with E-state index in [9.17, 15) is 39.2 Å². The summed E-state index contributed by atoms with van der Waals surface area (Å²) in [5.74, 6) is 2.55. The van der Waals surface area contributed by atoms with Crippen molar-refractivity contribution in [2.45, 2.75) is 151 Å². The first kappa shape index (κ1) is 84.5.